The third kappa shape index (κ3) is 3.69. The molecular formula is C15H20N2O5S. The van der Waals surface area contributed by atoms with Gasteiger partial charge in [0.2, 0.25) is 6.79 Å². The van der Waals surface area contributed by atoms with Crippen LogP contribution in [0.1, 0.15) is 12.0 Å². The lowest BCUT2D eigenvalue weighted by Gasteiger charge is -2.23. The molecule has 0 bridgehead atoms. The summed E-state index contributed by atoms with van der Waals surface area (Å²) >= 11 is 0. The van der Waals surface area contributed by atoms with Gasteiger partial charge < -0.3 is 19.7 Å². The summed E-state index contributed by atoms with van der Waals surface area (Å²) in [7, 11) is -1.35. The molecule has 0 spiro atoms. The Labute approximate surface area is 135 Å². The number of sulfone groups is 1. The molecule has 2 aliphatic heterocycles. The Kier molecular flexibility index (Phi) is 4.34. The average molecular weight is 340 g/mol. The van der Waals surface area contributed by atoms with Crippen LogP contribution in [0.2, 0.25) is 0 Å². The third-order valence-electron chi connectivity index (χ3n) is 4.20. The highest BCUT2D eigenvalue weighted by Crippen LogP contribution is 2.32. The molecule has 1 aromatic rings. The smallest absolute Gasteiger partial charge is 0.317 e. The SMILES string of the molecule is CN(C(=O)NCCc1ccc2c(c1)OCO2)C1CCS(=O)(=O)C1. The third-order valence-corrected chi connectivity index (χ3v) is 5.95. The van der Waals surface area contributed by atoms with Crippen LogP contribution < -0.4 is 14.8 Å². The van der Waals surface area contributed by atoms with Gasteiger partial charge in [0.05, 0.1) is 11.5 Å². The van der Waals surface area contributed by atoms with Crippen LogP contribution in [0.4, 0.5) is 4.79 Å². The van der Waals surface area contributed by atoms with Crippen molar-refractivity contribution in [2.24, 2.45) is 0 Å². The number of benzene rings is 1. The molecule has 0 aliphatic carbocycles. The van der Waals surface area contributed by atoms with Crippen molar-refractivity contribution in [3.8, 4) is 11.5 Å². The second-order valence-corrected chi connectivity index (χ2v) is 8.07. The van der Waals surface area contributed by atoms with Gasteiger partial charge in [-0.25, -0.2) is 13.2 Å². The molecule has 1 N–H and O–H groups in total. The van der Waals surface area contributed by atoms with Crippen LogP contribution in [0.15, 0.2) is 18.2 Å². The van der Waals surface area contributed by atoms with Crippen molar-refractivity contribution < 1.29 is 22.7 Å². The van der Waals surface area contributed by atoms with E-state index in [9.17, 15) is 13.2 Å². The fourth-order valence-corrected chi connectivity index (χ4v) is 4.56. The number of nitrogens with one attached hydrogen (secondary N) is 1. The number of amides is 2. The van der Waals surface area contributed by atoms with E-state index in [1.807, 2.05) is 18.2 Å². The molecule has 2 aliphatic rings. The quantitative estimate of drug-likeness (QED) is 0.876. The van der Waals surface area contributed by atoms with Crippen LogP contribution in [0.3, 0.4) is 0 Å². The molecule has 2 heterocycles. The summed E-state index contributed by atoms with van der Waals surface area (Å²) in [6, 6.07) is 5.22. The molecule has 1 aromatic carbocycles. The zero-order chi connectivity index (χ0) is 16.4. The Morgan fingerprint density at radius 3 is 2.87 bits per heavy atom. The van der Waals surface area contributed by atoms with E-state index in [4.69, 9.17) is 9.47 Å². The maximum absolute atomic E-state index is 12.1. The number of fused-ring (bicyclic) bond motifs is 1. The molecule has 2 amide bonds. The van der Waals surface area contributed by atoms with Gasteiger partial charge in [0.15, 0.2) is 21.3 Å². The fourth-order valence-electron chi connectivity index (χ4n) is 2.78. The summed E-state index contributed by atoms with van der Waals surface area (Å²) in [5, 5.41) is 2.82. The maximum Gasteiger partial charge on any atom is 0.317 e. The van der Waals surface area contributed by atoms with E-state index in [0.717, 1.165) is 17.1 Å². The lowest BCUT2D eigenvalue weighted by molar-refractivity contribution is 0.174. The summed E-state index contributed by atoms with van der Waals surface area (Å²) in [6.45, 7) is 0.715. The van der Waals surface area contributed by atoms with Crippen LogP contribution >= 0.6 is 0 Å². The second-order valence-electron chi connectivity index (χ2n) is 5.84. The first kappa shape index (κ1) is 15.9. The molecule has 1 atom stereocenters. The van der Waals surface area contributed by atoms with Crippen LogP contribution in [-0.2, 0) is 16.3 Å². The number of urea groups is 1. The van der Waals surface area contributed by atoms with Gasteiger partial charge in [-0.15, -0.1) is 0 Å². The van der Waals surface area contributed by atoms with Gasteiger partial charge in [0.1, 0.15) is 0 Å². The number of nitrogens with zero attached hydrogens (tertiary/aromatic N) is 1. The predicted octanol–water partition coefficient (Wildman–Crippen LogP) is 0.786. The molecule has 3 rings (SSSR count). The van der Waals surface area contributed by atoms with Crippen molar-refractivity contribution in [1.82, 2.24) is 10.2 Å². The summed E-state index contributed by atoms with van der Waals surface area (Å²) in [6.07, 6.45) is 1.17. The van der Waals surface area contributed by atoms with Crippen molar-refractivity contribution in [3.63, 3.8) is 0 Å². The Morgan fingerprint density at radius 1 is 1.35 bits per heavy atom. The van der Waals surface area contributed by atoms with Crippen molar-refractivity contribution in [2.75, 3.05) is 31.9 Å². The molecule has 23 heavy (non-hydrogen) atoms. The number of rotatable bonds is 4. The standard InChI is InChI=1S/C15H20N2O5S/c1-17(12-5-7-23(19,20)9-12)15(18)16-6-4-11-2-3-13-14(8-11)22-10-21-13/h2-3,8,12H,4-7,9-10H2,1H3,(H,16,18). The Morgan fingerprint density at radius 2 is 2.13 bits per heavy atom. The normalized spacial score (nSPS) is 21.2. The molecule has 8 heteroatoms. The maximum atomic E-state index is 12.1. The van der Waals surface area contributed by atoms with Gasteiger partial charge in [0.25, 0.3) is 0 Å². The second kappa shape index (κ2) is 6.27. The molecule has 7 nitrogen and oxygen atoms in total. The number of ether oxygens (including phenoxy) is 2. The minimum atomic E-state index is -2.99. The predicted molar refractivity (Wildman–Crippen MR) is 84.5 cm³/mol. The van der Waals surface area contributed by atoms with Gasteiger partial charge >= 0.3 is 6.03 Å². The van der Waals surface area contributed by atoms with Gasteiger partial charge in [-0.3, -0.25) is 0 Å². The Balaban J connectivity index is 1.47. The van der Waals surface area contributed by atoms with E-state index in [-0.39, 0.29) is 30.4 Å². The van der Waals surface area contributed by atoms with Gasteiger partial charge in [-0.2, -0.15) is 0 Å². The fraction of sp³-hybridized carbons (Fsp3) is 0.533. The molecule has 0 saturated carbocycles. The molecule has 0 radical (unpaired) electrons. The first-order chi connectivity index (χ1) is 10.9. The van der Waals surface area contributed by atoms with E-state index < -0.39 is 9.84 Å². The van der Waals surface area contributed by atoms with E-state index in [1.165, 1.54) is 4.90 Å². The summed E-state index contributed by atoms with van der Waals surface area (Å²) in [4.78, 5) is 13.6. The van der Waals surface area contributed by atoms with Crippen molar-refractivity contribution in [1.29, 1.82) is 0 Å². The van der Waals surface area contributed by atoms with Crippen LogP contribution in [0.25, 0.3) is 0 Å². The topological polar surface area (TPSA) is 84.9 Å². The Bertz CT molecular complexity index is 704. The number of hydrogen-bond acceptors (Lipinski definition) is 5. The first-order valence-electron chi connectivity index (χ1n) is 7.54. The Hall–Kier alpha value is -1.96. The molecule has 0 aromatic heterocycles. The van der Waals surface area contributed by atoms with Crippen LogP contribution in [0.5, 0.6) is 11.5 Å². The van der Waals surface area contributed by atoms with Gasteiger partial charge in [-0.1, -0.05) is 6.07 Å². The van der Waals surface area contributed by atoms with Gasteiger partial charge in [-0.05, 0) is 30.5 Å². The van der Waals surface area contributed by atoms with Crippen molar-refractivity contribution in [2.45, 2.75) is 18.9 Å². The average Bonchev–Trinajstić information content (AvgIpc) is 3.11. The van der Waals surface area contributed by atoms with Crippen molar-refractivity contribution in [3.05, 3.63) is 23.8 Å². The molecule has 1 unspecified atom stereocenters. The minimum Gasteiger partial charge on any atom is -0.454 e. The highest BCUT2D eigenvalue weighted by atomic mass is 32.2. The molecule has 1 fully saturated rings. The van der Waals surface area contributed by atoms with Crippen molar-refractivity contribution >= 4 is 15.9 Å². The summed E-state index contributed by atoms with van der Waals surface area (Å²) < 4.78 is 33.5. The summed E-state index contributed by atoms with van der Waals surface area (Å²) in [5.41, 5.74) is 1.04. The lowest BCUT2D eigenvalue weighted by Crippen LogP contribution is -2.44. The first-order valence-corrected chi connectivity index (χ1v) is 9.36. The van der Waals surface area contributed by atoms with E-state index in [0.29, 0.717) is 19.4 Å². The highest BCUT2D eigenvalue weighted by Gasteiger charge is 2.32. The van der Waals surface area contributed by atoms with E-state index in [2.05, 4.69) is 5.32 Å². The zero-order valence-electron chi connectivity index (χ0n) is 12.9. The van der Waals surface area contributed by atoms with E-state index in [1.54, 1.807) is 7.05 Å². The van der Waals surface area contributed by atoms with E-state index >= 15 is 0 Å². The molecule has 126 valence electrons. The lowest BCUT2D eigenvalue weighted by atomic mass is 10.1. The molecule has 1 saturated heterocycles. The highest BCUT2D eigenvalue weighted by molar-refractivity contribution is 7.91. The van der Waals surface area contributed by atoms with Crippen LogP contribution in [0, 0.1) is 0 Å². The monoisotopic (exact) mass is 340 g/mol. The zero-order valence-corrected chi connectivity index (χ0v) is 13.8. The summed E-state index contributed by atoms with van der Waals surface area (Å²) in [5.74, 6) is 1.67. The minimum absolute atomic E-state index is 0.0546. The molecular weight excluding hydrogens is 320 g/mol. The van der Waals surface area contributed by atoms with Gasteiger partial charge in [0, 0.05) is 19.6 Å². The number of carbonyl (C=O) groups excluding carboxylic acids is 1. The van der Waals surface area contributed by atoms with Crippen LogP contribution in [-0.4, -0.2) is 57.3 Å². The largest absolute Gasteiger partial charge is 0.454 e. The number of carbonyl (C=O) groups is 1. The number of hydrogen-bond donors (Lipinski definition) is 1.